The van der Waals surface area contributed by atoms with Crippen LogP contribution in [0, 0.1) is 11.3 Å². The number of unbranched alkanes of at least 4 members (excludes halogenated alkanes) is 1. The van der Waals surface area contributed by atoms with E-state index in [1.54, 1.807) is 6.07 Å². The van der Waals surface area contributed by atoms with Crippen LogP contribution in [0.15, 0.2) is 36.9 Å². The molecule has 96 valence electrons. The number of rotatable bonds is 5. The highest BCUT2D eigenvalue weighted by Gasteiger charge is 2.10. The largest absolute Gasteiger partial charge is 0.314 e. The van der Waals surface area contributed by atoms with E-state index in [0.29, 0.717) is 5.56 Å². The molecule has 0 saturated carbocycles. The van der Waals surface area contributed by atoms with E-state index in [1.807, 2.05) is 35.9 Å². The van der Waals surface area contributed by atoms with Crippen molar-refractivity contribution in [2.24, 2.45) is 7.05 Å². The lowest BCUT2D eigenvalue weighted by Gasteiger charge is -2.03. The molecule has 1 aromatic carbocycles. The summed E-state index contributed by atoms with van der Waals surface area (Å²) in [5.74, 6) is 1.75. The normalized spacial score (nSPS) is 10.1. The summed E-state index contributed by atoms with van der Waals surface area (Å²) >= 11 is 0. The third-order valence-electron chi connectivity index (χ3n) is 3.02. The predicted octanol–water partition coefficient (Wildman–Crippen LogP) is 2.86. The minimum absolute atomic E-state index is 0.633. The van der Waals surface area contributed by atoms with Gasteiger partial charge in [0.2, 0.25) is 0 Å². The molecule has 0 aliphatic carbocycles. The third-order valence-corrected chi connectivity index (χ3v) is 3.02. The van der Waals surface area contributed by atoms with Crippen LogP contribution in [0.4, 0.5) is 0 Å². The Bertz CT molecular complexity index is 619. The molecular formula is C15H16N4. The Hall–Kier alpha value is -2.41. The van der Waals surface area contributed by atoms with Crippen molar-refractivity contribution >= 4 is 0 Å². The van der Waals surface area contributed by atoms with Crippen LogP contribution in [0.5, 0.6) is 0 Å². The van der Waals surface area contributed by atoms with Crippen molar-refractivity contribution in [2.75, 3.05) is 0 Å². The second-order valence-electron chi connectivity index (χ2n) is 4.37. The van der Waals surface area contributed by atoms with Crippen LogP contribution >= 0.6 is 0 Å². The van der Waals surface area contributed by atoms with Gasteiger partial charge in [0, 0.05) is 19.0 Å². The first-order chi connectivity index (χ1) is 9.26. The molecule has 2 aromatic rings. The summed E-state index contributed by atoms with van der Waals surface area (Å²) in [5, 5.41) is 17.4. The van der Waals surface area contributed by atoms with Gasteiger partial charge in [-0.25, -0.2) is 0 Å². The molecule has 0 bridgehead atoms. The zero-order valence-corrected chi connectivity index (χ0v) is 11.0. The Morgan fingerprint density at radius 2 is 2.26 bits per heavy atom. The van der Waals surface area contributed by atoms with Gasteiger partial charge in [-0.15, -0.1) is 16.8 Å². The molecule has 0 aliphatic rings. The lowest BCUT2D eigenvalue weighted by molar-refractivity contribution is 0.733. The van der Waals surface area contributed by atoms with E-state index in [-0.39, 0.29) is 0 Å². The second kappa shape index (κ2) is 5.96. The maximum absolute atomic E-state index is 8.92. The summed E-state index contributed by atoms with van der Waals surface area (Å²) in [5.41, 5.74) is 1.55. The van der Waals surface area contributed by atoms with Crippen LogP contribution in [0.2, 0.25) is 0 Å². The first kappa shape index (κ1) is 13.0. The molecular weight excluding hydrogens is 236 g/mol. The smallest absolute Gasteiger partial charge is 0.163 e. The van der Waals surface area contributed by atoms with Crippen molar-refractivity contribution in [3.8, 4) is 17.5 Å². The molecule has 1 aromatic heterocycles. The molecule has 0 radical (unpaired) electrons. The van der Waals surface area contributed by atoms with E-state index in [0.717, 1.165) is 36.5 Å². The van der Waals surface area contributed by atoms with Crippen molar-refractivity contribution in [3.63, 3.8) is 0 Å². The van der Waals surface area contributed by atoms with Crippen LogP contribution in [0.1, 0.15) is 24.2 Å². The van der Waals surface area contributed by atoms with Gasteiger partial charge in [0.15, 0.2) is 5.82 Å². The zero-order chi connectivity index (χ0) is 13.7. The highest BCUT2D eigenvalue weighted by atomic mass is 15.3. The number of hydrogen-bond acceptors (Lipinski definition) is 3. The molecule has 0 unspecified atom stereocenters. The zero-order valence-electron chi connectivity index (χ0n) is 11.0. The van der Waals surface area contributed by atoms with Crippen LogP contribution in [-0.2, 0) is 13.5 Å². The van der Waals surface area contributed by atoms with Gasteiger partial charge in [-0.05, 0) is 25.0 Å². The second-order valence-corrected chi connectivity index (χ2v) is 4.37. The Kier molecular flexibility index (Phi) is 4.09. The Balaban J connectivity index is 2.26. The van der Waals surface area contributed by atoms with Gasteiger partial charge < -0.3 is 4.57 Å². The average Bonchev–Trinajstić information content (AvgIpc) is 2.81. The molecule has 1 heterocycles. The first-order valence-corrected chi connectivity index (χ1v) is 6.26. The van der Waals surface area contributed by atoms with Gasteiger partial charge >= 0.3 is 0 Å². The minimum Gasteiger partial charge on any atom is -0.314 e. The van der Waals surface area contributed by atoms with Gasteiger partial charge in [-0.2, -0.15) is 5.26 Å². The number of aryl methyl sites for hydroxylation is 1. The molecule has 0 N–H and O–H groups in total. The number of benzene rings is 1. The highest BCUT2D eigenvalue weighted by Crippen LogP contribution is 2.19. The molecule has 0 aliphatic heterocycles. The summed E-state index contributed by atoms with van der Waals surface area (Å²) in [7, 11) is 1.96. The van der Waals surface area contributed by atoms with Crippen molar-refractivity contribution in [1.82, 2.24) is 14.8 Å². The van der Waals surface area contributed by atoms with Crippen molar-refractivity contribution < 1.29 is 0 Å². The number of allylic oxidation sites excluding steroid dienone is 1. The minimum atomic E-state index is 0.633. The van der Waals surface area contributed by atoms with Crippen molar-refractivity contribution in [3.05, 3.63) is 48.3 Å². The van der Waals surface area contributed by atoms with Crippen LogP contribution in [0.3, 0.4) is 0 Å². The number of nitriles is 1. The first-order valence-electron chi connectivity index (χ1n) is 6.26. The van der Waals surface area contributed by atoms with E-state index >= 15 is 0 Å². The molecule has 0 spiro atoms. The highest BCUT2D eigenvalue weighted by molar-refractivity contribution is 5.58. The fraction of sp³-hybridized carbons (Fsp3) is 0.267. The maximum Gasteiger partial charge on any atom is 0.163 e. The summed E-state index contributed by atoms with van der Waals surface area (Å²) in [6.45, 7) is 3.71. The molecule has 0 amide bonds. The summed E-state index contributed by atoms with van der Waals surface area (Å²) in [4.78, 5) is 0. The topological polar surface area (TPSA) is 54.5 Å². The summed E-state index contributed by atoms with van der Waals surface area (Å²) in [6.07, 6.45) is 4.79. The Labute approximate surface area is 113 Å². The van der Waals surface area contributed by atoms with Crippen molar-refractivity contribution in [2.45, 2.75) is 19.3 Å². The molecule has 0 fully saturated rings. The van der Waals surface area contributed by atoms with Crippen LogP contribution in [-0.4, -0.2) is 14.8 Å². The molecule has 0 atom stereocenters. The standard InChI is InChI=1S/C15H16N4/c1-3-4-5-9-14-17-18-15(19(14)2)13-8-6-7-12(10-13)11-16/h3,6-8,10H,1,4-5,9H2,2H3. The SMILES string of the molecule is C=CCCCc1nnc(-c2cccc(C#N)c2)n1C. The van der Waals surface area contributed by atoms with Crippen molar-refractivity contribution in [1.29, 1.82) is 5.26 Å². The predicted molar refractivity (Wildman–Crippen MR) is 74.3 cm³/mol. The van der Waals surface area contributed by atoms with Gasteiger partial charge in [0.1, 0.15) is 5.82 Å². The van der Waals surface area contributed by atoms with E-state index in [4.69, 9.17) is 5.26 Å². The summed E-state index contributed by atoms with van der Waals surface area (Å²) in [6, 6.07) is 9.55. The van der Waals surface area contributed by atoms with Gasteiger partial charge in [-0.3, -0.25) is 0 Å². The van der Waals surface area contributed by atoms with Gasteiger partial charge in [0.05, 0.1) is 11.6 Å². The third kappa shape index (κ3) is 2.89. The van der Waals surface area contributed by atoms with Gasteiger partial charge in [0.25, 0.3) is 0 Å². The average molecular weight is 252 g/mol. The molecule has 19 heavy (non-hydrogen) atoms. The van der Waals surface area contributed by atoms with Crippen LogP contribution in [0.25, 0.3) is 11.4 Å². The lowest BCUT2D eigenvalue weighted by atomic mass is 10.1. The van der Waals surface area contributed by atoms with E-state index in [2.05, 4.69) is 22.8 Å². The molecule has 4 heteroatoms. The van der Waals surface area contributed by atoms with Crippen LogP contribution < -0.4 is 0 Å². The van der Waals surface area contributed by atoms with E-state index in [1.165, 1.54) is 0 Å². The Morgan fingerprint density at radius 3 is 3.00 bits per heavy atom. The monoisotopic (exact) mass is 252 g/mol. The number of aromatic nitrogens is 3. The number of hydrogen-bond donors (Lipinski definition) is 0. The van der Waals surface area contributed by atoms with E-state index in [9.17, 15) is 0 Å². The number of nitrogens with zero attached hydrogens (tertiary/aromatic N) is 4. The molecule has 4 nitrogen and oxygen atoms in total. The molecule has 2 rings (SSSR count). The van der Waals surface area contributed by atoms with Gasteiger partial charge in [-0.1, -0.05) is 18.2 Å². The molecule has 0 saturated heterocycles. The Morgan fingerprint density at radius 1 is 1.42 bits per heavy atom. The lowest BCUT2D eigenvalue weighted by Crippen LogP contribution is -1.99. The fourth-order valence-corrected chi connectivity index (χ4v) is 1.96. The fourth-order valence-electron chi connectivity index (χ4n) is 1.96. The quantitative estimate of drug-likeness (QED) is 0.607. The van der Waals surface area contributed by atoms with E-state index < -0.39 is 0 Å². The summed E-state index contributed by atoms with van der Waals surface area (Å²) < 4.78 is 1.99. The maximum atomic E-state index is 8.92.